The van der Waals surface area contributed by atoms with E-state index in [0.29, 0.717) is 5.41 Å². The summed E-state index contributed by atoms with van der Waals surface area (Å²) in [6, 6.07) is 0. The Hall–Kier alpha value is -0.830. The molecular formula is C30H50O3. The number of hydrogen-bond acceptors (Lipinski definition) is 3. The molecular weight excluding hydrogens is 408 g/mol. The molecule has 8 atom stereocenters. The highest BCUT2D eigenvalue weighted by Gasteiger charge is 2.60. The number of carbonyl (C=O) groups is 1. The normalized spacial score (nSPS) is 41.1. The van der Waals surface area contributed by atoms with Gasteiger partial charge in [-0.15, -0.1) is 0 Å². The Balaban J connectivity index is 1.52. The van der Waals surface area contributed by atoms with Crippen molar-refractivity contribution in [3.63, 3.8) is 0 Å². The maximum absolute atomic E-state index is 11.6. The number of allylic oxidation sites excluding steroid dienone is 1. The predicted molar refractivity (Wildman–Crippen MR) is 135 cm³/mol. The van der Waals surface area contributed by atoms with Gasteiger partial charge in [0, 0.05) is 25.9 Å². The first kappa shape index (κ1) is 25.3. The van der Waals surface area contributed by atoms with E-state index in [-0.39, 0.29) is 17.5 Å². The SMILES string of the molecule is COCC12CCC(OC(C)=O)CC1=CCC1C2CCC2(C)C(C(C)CCCC(C)C)CCC12. The lowest BCUT2D eigenvalue weighted by Gasteiger charge is -2.59. The molecule has 3 saturated carbocycles. The fourth-order valence-corrected chi connectivity index (χ4v) is 9.31. The highest BCUT2D eigenvalue weighted by Crippen LogP contribution is 2.67. The molecule has 0 saturated heterocycles. The van der Waals surface area contributed by atoms with Gasteiger partial charge in [-0.3, -0.25) is 4.79 Å². The zero-order valence-corrected chi connectivity index (χ0v) is 22.3. The highest BCUT2D eigenvalue weighted by atomic mass is 16.5. The van der Waals surface area contributed by atoms with E-state index >= 15 is 0 Å². The van der Waals surface area contributed by atoms with Gasteiger partial charge in [-0.05, 0) is 85.9 Å². The fourth-order valence-electron chi connectivity index (χ4n) is 9.31. The van der Waals surface area contributed by atoms with E-state index in [1.165, 1.54) is 51.4 Å². The van der Waals surface area contributed by atoms with Crippen molar-refractivity contribution in [3.8, 4) is 0 Å². The number of carbonyl (C=O) groups excluding carboxylic acids is 1. The van der Waals surface area contributed by atoms with Crippen molar-refractivity contribution in [2.24, 2.45) is 46.3 Å². The first-order valence-electron chi connectivity index (χ1n) is 14.1. The summed E-state index contributed by atoms with van der Waals surface area (Å²) >= 11 is 0. The Labute approximate surface area is 203 Å². The molecule has 33 heavy (non-hydrogen) atoms. The summed E-state index contributed by atoms with van der Waals surface area (Å²) in [5.41, 5.74) is 2.24. The minimum Gasteiger partial charge on any atom is -0.462 e. The van der Waals surface area contributed by atoms with Crippen LogP contribution in [0.4, 0.5) is 0 Å². The summed E-state index contributed by atoms with van der Waals surface area (Å²) in [5, 5.41) is 0. The molecule has 0 N–H and O–H groups in total. The van der Waals surface area contributed by atoms with E-state index in [2.05, 4.69) is 33.8 Å². The van der Waals surface area contributed by atoms with Crippen LogP contribution in [-0.2, 0) is 14.3 Å². The molecule has 0 radical (unpaired) electrons. The van der Waals surface area contributed by atoms with E-state index in [4.69, 9.17) is 9.47 Å². The van der Waals surface area contributed by atoms with Gasteiger partial charge < -0.3 is 9.47 Å². The quantitative estimate of drug-likeness (QED) is 0.278. The maximum atomic E-state index is 11.6. The molecule has 0 heterocycles. The van der Waals surface area contributed by atoms with Crippen molar-refractivity contribution in [2.75, 3.05) is 13.7 Å². The van der Waals surface area contributed by atoms with Crippen LogP contribution in [0.15, 0.2) is 11.6 Å². The minimum absolute atomic E-state index is 0.0617. The first-order chi connectivity index (χ1) is 15.7. The van der Waals surface area contributed by atoms with Crippen LogP contribution in [0.2, 0.25) is 0 Å². The van der Waals surface area contributed by atoms with E-state index in [1.807, 2.05) is 7.11 Å². The Morgan fingerprint density at radius 2 is 1.88 bits per heavy atom. The second-order valence-corrected chi connectivity index (χ2v) is 12.9. The van der Waals surface area contributed by atoms with Gasteiger partial charge in [0.25, 0.3) is 0 Å². The second-order valence-electron chi connectivity index (χ2n) is 12.9. The van der Waals surface area contributed by atoms with Crippen LogP contribution < -0.4 is 0 Å². The monoisotopic (exact) mass is 458 g/mol. The van der Waals surface area contributed by atoms with Crippen LogP contribution in [0.5, 0.6) is 0 Å². The van der Waals surface area contributed by atoms with E-state index < -0.39 is 0 Å². The molecule has 0 amide bonds. The molecule has 0 aromatic rings. The molecule has 3 heteroatoms. The molecule has 0 aliphatic heterocycles. The van der Waals surface area contributed by atoms with Gasteiger partial charge in [0.2, 0.25) is 0 Å². The molecule has 3 nitrogen and oxygen atoms in total. The van der Waals surface area contributed by atoms with Crippen molar-refractivity contribution >= 4 is 5.97 Å². The van der Waals surface area contributed by atoms with Gasteiger partial charge in [-0.2, -0.15) is 0 Å². The molecule has 4 aliphatic carbocycles. The zero-order valence-electron chi connectivity index (χ0n) is 22.3. The molecule has 8 unspecified atom stereocenters. The first-order valence-corrected chi connectivity index (χ1v) is 14.1. The fraction of sp³-hybridized carbons (Fsp3) is 0.900. The van der Waals surface area contributed by atoms with Crippen LogP contribution in [-0.4, -0.2) is 25.8 Å². The summed E-state index contributed by atoms with van der Waals surface area (Å²) in [6.07, 6.45) is 16.7. The molecule has 4 aliphatic rings. The lowest BCUT2D eigenvalue weighted by atomic mass is 9.46. The molecule has 0 bridgehead atoms. The third kappa shape index (κ3) is 4.69. The van der Waals surface area contributed by atoms with Gasteiger partial charge in [0.05, 0.1) is 6.61 Å². The Morgan fingerprint density at radius 1 is 1.09 bits per heavy atom. The largest absolute Gasteiger partial charge is 0.462 e. The second kappa shape index (κ2) is 10.0. The number of rotatable bonds is 8. The van der Waals surface area contributed by atoms with E-state index in [9.17, 15) is 4.79 Å². The Bertz CT molecular complexity index is 726. The van der Waals surface area contributed by atoms with Crippen LogP contribution in [0.25, 0.3) is 0 Å². The van der Waals surface area contributed by atoms with Gasteiger partial charge in [-0.1, -0.05) is 58.6 Å². The zero-order chi connectivity index (χ0) is 23.8. The molecule has 0 aromatic carbocycles. The average molecular weight is 459 g/mol. The number of fused-ring (bicyclic) bond motifs is 5. The standard InChI is InChI=1S/C30H50O3/c1-20(2)8-7-9-21(3)26-12-13-27-25-11-10-23-18-24(33-22(4)31)14-17-30(23,19-32-6)28(25)15-16-29(26,27)5/h10,20-21,24-28H,7-9,11-19H2,1-6H3. The maximum Gasteiger partial charge on any atom is 0.302 e. The average Bonchev–Trinajstić information content (AvgIpc) is 3.10. The van der Waals surface area contributed by atoms with Gasteiger partial charge in [0.15, 0.2) is 0 Å². The Morgan fingerprint density at radius 3 is 2.58 bits per heavy atom. The van der Waals surface area contributed by atoms with Crippen LogP contribution >= 0.6 is 0 Å². The van der Waals surface area contributed by atoms with Crippen molar-refractivity contribution in [3.05, 3.63) is 11.6 Å². The minimum atomic E-state index is -0.138. The van der Waals surface area contributed by atoms with Crippen LogP contribution in [0.1, 0.15) is 105 Å². The molecule has 3 fully saturated rings. The van der Waals surface area contributed by atoms with Crippen LogP contribution in [0, 0.1) is 46.3 Å². The summed E-state index contributed by atoms with van der Waals surface area (Å²) in [4.78, 5) is 11.6. The Kier molecular flexibility index (Phi) is 7.68. The third-order valence-corrected chi connectivity index (χ3v) is 10.7. The topological polar surface area (TPSA) is 35.5 Å². The van der Waals surface area contributed by atoms with Gasteiger partial charge >= 0.3 is 5.97 Å². The number of hydrogen-bond donors (Lipinski definition) is 0. The van der Waals surface area contributed by atoms with Gasteiger partial charge in [0.1, 0.15) is 6.10 Å². The van der Waals surface area contributed by atoms with Crippen molar-refractivity contribution in [1.29, 1.82) is 0 Å². The predicted octanol–water partition coefficient (Wildman–Crippen LogP) is 7.59. The third-order valence-electron chi connectivity index (χ3n) is 10.7. The number of ether oxygens (including phenoxy) is 2. The molecule has 0 aromatic heterocycles. The number of esters is 1. The van der Waals surface area contributed by atoms with E-state index in [1.54, 1.807) is 12.5 Å². The smallest absolute Gasteiger partial charge is 0.302 e. The summed E-state index contributed by atoms with van der Waals surface area (Å²) in [5.74, 6) is 4.87. The highest BCUT2D eigenvalue weighted by molar-refractivity contribution is 5.66. The van der Waals surface area contributed by atoms with Crippen molar-refractivity contribution in [1.82, 2.24) is 0 Å². The summed E-state index contributed by atoms with van der Waals surface area (Å²) in [6.45, 7) is 12.3. The van der Waals surface area contributed by atoms with E-state index in [0.717, 1.165) is 61.4 Å². The van der Waals surface area contributed by atoms with Crippen LogP contribution in [0.3, 0.4) is 0 Å². The lowest BCUT2D eigenvalue weighted by Crippen LogP contribution is -2.53. The van der Waals surface area contributed by atoms with Gasteiger partial charge in [-0.25, -0.2) is 0 Å². The number of methoxy groups -OCH3 is 1. The van der Waals surface area contributed by atoms with Crippen molar-refractivity contribution in [2.45, 2.75) is 111 Å². The molecule has 188 valence electrons. The summed E-state index contributed by atoms with van der Waals surface area (Å²) < 4.78 is 11.6. The molecule has 4 rings (SSSR count). The lowest BCUT2D eigenvalue weighted by molar-refractivity contribution is -0.149. The van der Waals surface area contributed by atoms with Crippen molar-refractivity contribution < 1.29 is 14.3 Å². The summed E-state index contributed by atoms with van der Waals surface area (Å²) in [7, 11) is 1.88. The molecule has 0 spiro atoms.